The summed E-state index contributed by atoms with van der Waals surface area (Å²) in [5.41, 5.74) is 5.02. The van der Waals surface area contributed by atoms with Crippen molar-refractivity contribution >= 4 is 34.6 Å². The number of benzene rings is 2. The van der Waals surface area contributed by atoms with Crippen LogP contribution in [0.5, 0.6) is 0 Å². The molecule has 3 nitrogen and oxygen atoms in total. The van der Waals surface area contributed by atoms with E-state index in [9.17, 15) is 0 Å². The number of piperidine rings is 1. The van der Waals surface area contributed by atoms with E-state index in [-0.39, 0.29) is 0 Å². The molecule has 0 aliphatic carbocycles. The third kappa shape index (κ3) is 3.75. The Morgan fingerprint density at radius 1 is 0.893 bits per heavy atom. The molecule has 0 radical (unpaired) electrons. The molecular formula is C25H30N3+. The molecule has 0 unspecified atom stereocenters. The lowest BCUT2D eigenvalue weighted by Gasteiger charge is -2.23. The number of para-hydroxylation sites is 1. The minimum Gasteiger partial charge on any atom is -0.378 e. The van der Waals surface area contributed by atoms with Crippen LogP contribution >= 0.6 is 0 Å². The van der Waals surface area contributed by atoms with Crippen LogP contribution in [0.15, 0.2) is 54.6 Å². The van der Waals surface area contributed by atoms with Crippen molar-refractivity contribution in [3.05, 3.63) is 65.7 Å². The number of aromatic nitrogens is 1. The second kappa shape index (κ2) is 8.05. The molecule has 0 saturated carbocycles. The highest BCUT2D eigenvalue weighted by atomic mass is 15.2. The Labute approximate surface area is 168 Å². The van der Waals surface area contributed by atoms with E-state index in [1.165, 1.54) is 52.8 Å². The Hall–Kier alpha value is -2.81. The first-order valence-corrected chi connectivity index (χ1v) is 10.3. The highest BCUT2D eigenvalue weighted by Gasteiger charge is 2.23. The van der Waals surface area contributed by atoms with E-state index in [0.717, 1.165) is 13.1 Å². The van der Waals surface area contributed by atoms with E-state index in [2.05, 4.69) is 102 Å². The van der Waals surface area contributed by atoms with Gasteiger partial charge in [0, 0.05) is 31.2 Å². The Morgan fingerprint density at radius 2 is 1.61 bits per heavy atom. The van der Waals surface area contributed by atoms with E-state index in [4.69, 9.17) is 0 Å². The van der Waals surface area contributed by atoms with Gasteiger partial charge in [0.05, 0.1) is 20.1 Å². The minimum absolute atomic E-state index is 1.15. The summed E-state index contributed by atoms with van der Waals surface area (Å²) in [6, 6.07) is 19.8. The molecule has 4 rings (SSSR count). The molecular weight excluding hydrogens is 342 g/mol. The van der Waals surface area contributed by atoms with Crippen LogP contribution in [0.2, 0.25) is 0 Å². The van der Waals surface area contributed by atoms with Crippen LogP contribution in [0.4, 0.5) is 11.5 Å². The molecule has 0 bridgehead atoms. The second-order valence-electron chi connectivity index (χ2n) is 7.90. The summed E-state index contributed by atoms with van der Waals surface area (Å²) in [5.74, 6) is 1.32. The predicted molar refractivity (Wildman–Crippen MR) is 121 cm³/mol. The average molecular weight is 373 g/mol. The standard InChI is InChI=1S/C25H30N3/c1-26(2)22-15-12-20(13-16-22)11-14-21-19-25(28-17-7-4-8-18-28)27(3)24-10-6-5-9-23(21)24/h5-6,9-16,19H,4,7-8,17-18H2,1-3H3/q+1. The van der Waals surface area contributed by atoms with Crippen molar-refractivity contribution in [3.63, 3.8) is 0 Å². The van der Waals surface area contributed by atoms with Crippen molar-refractivity contribution in [1.82, 2.24) is 0 Å². The summed E-state index contributed by atoms with van der Waals surface area (Å²) in [7, 11) is 6.34. The molecule has 1 fully saturated rings. The molecule has 0 N–H and O–H groups in total. The molecule has 1 aromatic heterocycles. The van der Waals surface area contributed by atoms with Crippen molar-refractivity contribution in [2.24, 2.45) is 7.05 Å². The SMILES string of the molecule is CN(C)c1ccc(/C=C/c2cc(N3CCCCC3)[n+](C)c3ccccc23)cc1. The Kier molecular flexibility index (Phi) is 5.34. The zero-order chi connectivity index (χ0) is 19.5. The molecule has 3 aromatic rings. The largest absolute Gasteiger partial charge is 0.378 e. The number of aryl methyl sites for hydroxylation is 1. The zero-order valence-electron chi connectivity index (χ0n) is 17.2. The molecule has 2 heterocycles. The van der Waals surface area contributed by atoms with Gasteiger partial charge in [0.2, 0.25) is 0 Å². The first kappa shape index (κ1) is 18.5. The number of anilines is 2. The maximum absolute atomic E-state index is 2.54. The van der Waals surface area contributed by atoms with E-state index in [1.54, 1.807) is 0 Å². The lowest BCUT2D eigenvalue weighted by Crippen LogP contribution is -2.42. The lowest BCUT2D eigenvalue weighted by molar-refractivity contribution is -0.632. The third-order valence-corrected chi connectivity index (χ3v) is 5.75. The van der Waals surface area contributed by atoms with Gasteiger partial charge in [0.25, 0.3) is 5.82 Å². The molecule has 1 aliphatic rings. The Morgan fingerprint density at radius 3 is 2.32 bits per heavy atom. The van der Waals surface area contributed by atoms with Crippen LogP contribution in [0.1, 0.15) is 30.4 Å². The number of hydrogen-bond donors (Lipinski definition) is 0. The van der Waals surface area contributed by atoms with Gasteiger partial charge in [-0.2, -0.15) is 0 Å². The monoisotopic (exact) mass is 372 g/mol. The van der Waals surface area contributed by atoms with Crippen LogP contribution < -0.4 is 14.4 Å². The van der Waals surface area contributed by atoms with Gasteiger partial charge in [-0.3, -0.25) is 4.90 Å². The first-order valence-electron chi connectivity index (χ1n) is 10.3. The highest BCUT2D eigenvalue weighted by molar-refractivity contribution is 5.90. The van der Waals surface area contributed by atoms with Crippen LogP contribution in [0.3, 0.4) is 0 Å². The van der Waals surface area contributed by atoms with E-state index in [0.29, 0.717) is 0 Å². The van der Waals surface area contributed by atoms with Gasteiger partial charge in [0.1, 0.15) is 5.52 Å². The third-order valence-electron chi connectivity index (χ3n) is 5.75. The number of fused-ring (bicyclic) bond motifs is 1. The van der Waals surface area contributed by atoms with Crippen LogP contribution in [0.25, 0.3) is 23.1 Å². The molecule has 2 aromatic carbocycles. The van der Waals surface area contributed by atoms with Crippen molar-refractivity contribution in [3.8, 4) is 0 Å². The zero-order valence-corrected chi connectivity index (χ0v) is 17.2. The fourth-order valence-electron chi connectivity index (χ4n) is 4.08. The number of hydrogen-bond acceptors (Lipinski definition) is 2. The van der Waals surface area contributed by atoms with Crippen molar-refractivity contribution in [2.45, 2.75) is 19.3 Å². The normalized spacial score (nSPS) is 14.8. The maximum Gasteiger partial charge on any atom is 0.277 e. The molecule has 144 valence electrons. The minimum atomic E-state index is 1.15. The van der Waals surface area contributed by atoms with Gasteiger partial charge in [0.15, 0.2) is 0 Å². The fraction of sp³-hybridized carbons (Fsp3) is 0.320. The average Bonchev–Trinajstić information content (AvgIpc) is 2.74. The predicted octanol–water partition coefficient (Wildman–Crippen LogP) is 4.89. The van der Waals surface area contributed by atoms with Gasteiger partial charge in [-0.25, -0.2) is 4.57 Å². The summed E-state index contributed by atoms with van der Waals surface area (Å²) < 4.78 is 2.35. The highest BCUT2D eigenvalue weighted by Crippen LogP contribution is 2.25. The van der Waals surface area contributed by atoms with Gasteiger partial charge >= 0.3 is 0 Å². The van der Waals surface area contributed by atoms with E-state index >= 15 is 0 Å². The van der Waals surface area contributed by atoms with Crippen LogP contribution in [-0.4, -0.2) is 27.2 Å². The van der Waals surface area contributed by atoms with Gasteiger partial charge in [-0.05, 0) is 48.6 Å². The molecule has 1 aliphatic heterocycles. The summed E-state index contributed by atoms with van der Waals surface area (Å²) in [5, 5.41) is 1.30. The molecule has 3 heteroatoms. The smallest absolute Gasteiger partial charge is 0.277 e. The quantitative estimate of drug-likeness (QED) is 0.604. The molecule has 1 saturated heterocycles. The Bertz CT molecular complexity index is 981. The van der Waals surface area contributed by atoms with Crippen LogP contribution in [0, 0.1) is 0 Å². The Balaban J connectivity index is 1.73. The topological polar surface area (TPSA) is 10.4 Å². The first-order chi connectivity index (χ1) is 13.6. The summed E-state index contributed by atoms with van der Waals surface area (Å²) in [4.78, 5) is 4.67. The summed E-state index contributed by atoms with van der Waals surface area (Å²) >= 11 is 0. The maximum atomic E-state index is 2.54. The number of rotatable bonds is 4. The molecule has 0 atom stereocenters. The van der Waals surface area contributed by atoms with Crippen LogP contribution in [-0.2, 0) is 7.05 Å². The number of nitrogens with zero attached hydrogens (tertiary/aromatic N) is 3. The lowest BCUT2D eigenvalue weighted by atomic mass is 10.0. The van der Waals surface area contributed by atoms with Gasteiger partial charge < -0.3 is 4.90 Å². The van der Waals surface area contributed by atoms with Crippen molar-refractivity contribution in [2.75, 3.05) is 37.0 Å². The molecule has 0 spiro atoms. The van der Waals surface area contributed by atoms with E-state index < -0.39 is 0 Å². The van der Waals surface area contributed by atoms with E-state index in [1.807, 2.05) is 0 Å². The summed E-state index contributed by atoms with van der Waals surface area (Å²) in [6.07, 6.45) is 8.41. The van der Waals surface area contributed by atoms with Crippen molar-refractivity contribution in [1.29, 1.82) is 0 Å². The van der Waals surface area contributed by atoms with Gasteiger partial charge in [-0.15, -0.1) is 0 Å². The fourth-order valence-corrected chi connectivity index (χ4v) is 4.08. The van der Waals surface area contributed by atoms with Gasteiger partial charge in [-0.1, -0.05) is 42.5 Å². The molecule has 28 heavy (non-hydrogen) atoms. The number of pyridine rings is 1. The summed E-state index contributed by atoms with van der Waals surface area (Å²) in [6.45, 7) is 2.31. The molecule has 0 amide bonds. The van der Waals surface area contributed by atoms with Crippen molar-refractivity contribution < 1.29 is 4.57 Å². The second-order valence-corrected chi connectivity index (χ2v) is 7.90.